The summed E-state index contributed by atoms with van der Waals surface area (Å²) in [7, 11) is 3.04. The number of nitrogens with zero attached hydrogens (tertiary/aromatic N) is 1. The van der Waals surface area contributed by atoms with Crippen LogP contribution in [0.4, 0.5) is 13.6 Å². The van der Waals surface area contributed by atoms with Crippen LogP contribution < -0.4 is 10.6 Å². The minimum atomic E-state index is -1.55. The smallest absolute Gasteiger partial charge is 0.406 e. The molecule has 1 heterocycles. The summed E-state index contributed by atoms with van der Waals surface area (Å²) in [4.78, 5) is 26.8. The van der Waals surface area contributed by atoms with Crippen LogP contribution in [0, 0.1) is 17.6 Å². The molecule has 9 heteroatoms. The van der Waals surface area contributed by atoms with Crippen LogP contribution >= 0.6 is 0 Å². The fourth-order valence-corrected chi connectivity index (χ4v) is 6.07. The van der Waals surface area contributed by atoms with Crippen molar-refractivity contribution in [2.45, 2.75) is 51.2 Å². The summed E-state index contributed by atoms with van der Waals surface area (Å²) >= 11 is 0. The minimum Gasteiger partial charge on any atom is -0.453 e. The lowest BCUT2D eigenvalue weighted by molar-refractivity contribution is -0.0565. The van der Waals surface area contributed by atoms with Gasteiger partial charge in [0.05, 0.1) is 18.3 Å². The molecule has 0 aliphatic carbocycles. The lowest BCUT2D eigenvalue weighted by atomic mass is 9.72. The van der Waals surface area contributed by atoms with Crippen molar-refractivity contribution in [3.8, 4) is 11.1 Å². The van der Waals surface area contributed by atoms with Gasteiger partial charge in [-0.15, -0.1) is 0 Å². The third-order valence-corrected chi connectivity index (χ3v) is 8.32. The second-order valence-corrected chi connectivity index (χ2v) is 11.1. The quantitative estimate of drug-likeness (QED) is 0.245. The van der Waals surface area contributed by atoms with Crippen LogP contribution in [0.2, 0.25) is 0 Å². The fraction of sp³-hybridized carbons (Fsp3) is 0.412. The molecule has 0 aromatic heterocycles. The number of hydrogen-bond donors (Lipinski definition) is 3. The third kappa shape index (κ3) is 7.40. The molecule has 0 saturated carbocycles. The zero-order valence-electron chi connectivity index (χ0n) is 25.1. The molecule has 3 N–H and O–H groups in total. The Balaban J connectivity index is 1.70. The average Bonchev–Trinajstić information content (AvgIpc) is 3.02. The summed E-state index contributed by atoms with van der Waals surface area (Å²) in [6.45, 7) is 3.33. The molecule has 0 bridgehead atoms. The van der Waals surface area contributed by atoms with Crippen molar-refractivity contribution in [1.29, 1.82) is 0 Å². The number of aryl methyl sites for hydroxylation is 1. The van der Waals surface area contributed by atoms with E-state index in [2.05, 4.69) is 15.4 Å². The largest absolute Gasteiger partial charge is 0.453 e. The number of piperidine rings is 1. The Morgan fingerprint density at radius 1 is 1.07 bits per heavy atom. The lowest BCUT2D eigenvalue weighted by Gasteiger charge is -2.43. The van der Waals surface area contributed by atoms with Gasteiger partial charge >= 0.3 is 6.09 Å². The molecule has 1 aliphatic rings. The van der Waals surface area contributed by atoms with Crippen molar-refractivity contribution < 1.29 is 28.2 Å². The highest BCUT2D eigenvalue weighted by molar-refractivity contribution is 5.94. The van der Waals surface area contributed by atoms with E-state index >= 15 is 8.78 Å². The van der Waals surface area contributed by atoms with E-state index in [-0.39, 0.29) is 25.1 Å². The topological polar surface area (TPSA) is 90.9 Å². The van der Waals surface area contributed by atoms with E-state index < -0.39 is 35.2 Å². The van der Waals surface area contributed by atoms with Crippen molar-refractivity contribution in [2.24, 2.45) is 5.92 Å². The Bertz CT molecular complexity index is 1430. The van der Waals surface area contributed by atoms with E-state index in [4.69, 9.17) is 0 Å². The molecule has 43 heavy (non-hydrogen) atoms. The van der Waals surface area contributed by atoms with Crippen LogP contribution in [0.15, 0.2) is 60.7 Å². The number of amides is 2. The Morgan fingerprint density at radius 2 is 1.86 bits per heavy atom. The predicted molar refractivity (Wildman–Crippen MR) is 163 cm³/mol. The number of likely N-dealkylation sites (tertiary alicyclic amines) is 1. The SMILES string of the molecule is CCc1cccc(-c2c(F)cccc2[C@](O)(CCCNC(=O)OC)[C@@H]2CCCN(C(=O)c3ccc(CNC)cc3F)C2)c1. The van der Waals surface area contributed by atoms with Gasteiger partial charge < -0.3 is 25.4 Å². The number of nitrogens with one attached hydrogen (secondary N) is 2. The highest BCUT2D eigenvalue weighted by Gasteiger charge is 2.43. The predicted octanol–water partition coefficient (Wildman–Crippen LogP) is 5.79. The molecule has 0 unspecified atom stereocenters. The number of ether oxygens (including phenoxy) is 1. The van der Waals surface area contributed by atoms with Crippen molar-refractivity contribution in [2.75, 3.05) is 33.8 Å². The van der Waals surface area contributed by atoms with Crippen molar-refractivity contribution in [3.63, 3.8) is 0 Å². The molecule has 1 aliphatic heterocycles. The van der Waals surface area contributed by atoms with Gasteiger partial charge in [0.2, 0.25) is 0 Å². The molecule has 0 spiro atoms. The molecule has 1 fully saturated rings. The molecule has 1 saturated heterocycles. The van der Waals surface area contributed by atoms with Crippen molar-refractivity contribution >= 4 is 12.0 Å². The van der Waals surface area contributed by atoms with E-state index in [0.29, 0.717) is 49.0 Å². The van der Waals surface area contributed by atoms with E-state index in [0.717, 1.165) is 17.5 Å². The molecule has 4 rings (SSSR count). The summed E-state index contributed by atoms with van der Waals surface area (Å²) in [5.74, 6) is -1.95. The van der Waals surface area contributed by atoms with Crippen LogP contribution in [-0.2, 0) is 23.3 Å². The van der Waals surface area contributed by atoms with Crippen LogP contribution in [0.1, 0.15) is 59.7 Å². The molecule has 3 aromatic rings. The van der Waals surface area contributed by atoms with Crippen LogP contribution in [0.3, 0.4) is 0 Å². The lowest BCUT2D eigenvalue weighted by Crippen LogP contribution is -2.48. The van der Waals surface area contributed by atoms with E-state index in [1.54, 1.807) is 30.1 Å². The minimum absolute atomic E-state index is 0.0193. The molecular formula is C34H41F2N3O4. The summed E-state index contributed by atoms with van der Waals surface area (Å²) in [6, 6.07) is 16.9. The first kappa shape index (κ1) is 32.1. The highest BCUT2D eigenvalue weighted by Crippen LogP contribution is 2.44. The summed E-state index contributed by atoms with van der Waals surface area (Å²) in [5, 5.41) is 18.2. The third-order valence-electron chi connectivity index (χ3n) is 8.32. The number of benzene rings is 3. The molecular weight excluding hydrogens is 552 g/mol. The first-order valence-corrected chi connectivity index (χ1v) is 14.9. The molecule has 7 nitrogen and oxygen atoms in total. The summed E-state index contributed by atoms with van der Waals surface area (Å²) in [5.41, 5.74) is 1.60. The maximum Gasteiger partial charge on any atom is 0.406 e. The highest BCUT2D eigenvalue weighted by atomic mass is 19.1. The Kier molecular flexibility index (Phi) is 10.9. The second kappa shape index (κ2) is 14.6. The molecule has 2 atom stereocenters. The molecule has 230 valence electrons. The van der Waals surface area contributed by atoms with Gasteiger partial charge in [-0.05, 0) is 79.6 Å². The van der Waals surface area contributed by atoms with Crippen molar-refractivity contribution in [3.05, 3.63) is 94.6 Å². The fourth-order valence-electron chi connectivity index (χ4n) is 6.07. The first-order valence-electron chi connectivity index (χ1n) is 14.9. The van der Waals surface area contributed by atoms with Crippen LogP contribution in [0.25, 0.3) is 11.1 Å². The number of rotatable bonds is 11. The average molecular weight is 594 g/mol. The normalized spacial score (nSPS) is 16.4. The van der Waals surface area contributed by atoms with Gasteiger partial charge in [0.1, 0.15) is 11.6 Å². The van der Waals surface area contributed by atoms with Gasteiger partial charge in [-0.1, -0.05) is 49.4 Å². The Hall–Kier alpha value is -3.82. The van der Waals surface area contributed by atoms with E-state index in [1.165, 1.54) is 25.3 Å². The number of aliphatic hydroxyl groups is 1. The van der Waals surface area contributed by atoms with Gasteiger partial charge in [0, 0.05) is 37.7 Å². The number of hydrogen-bond acceptors (Lipinski definition) is 5. The molecule has 2 amide bonds. The van der Waals surface area contributed by atoms with E-state index in [1.807, 2.05) is 31.2 Å². The van der Waals surface area contributed by atoms with Crippen molar-refractivity contribution in [1.82, 2.24) is 15.5 Å². The van der Waals surface area contributed by atoms with Gasteiger partial charge in [0.25, 0.3) is 5.91 Å². The van der Waals surface area contributed by atoms with Crippen LogP contribution in [0.5, 0.6) is 0 Å². The first-order chi connectivity index (χ1) is 20.7. The number of halogens is 2. The number of carbonyl (C=O) groups excluding carboxylic acids is 2. The molecule has 0 radical (unpaired) electrons. The standard InChI is InChI=1S/C34H41F2N3O4/c1-4-23-9-5-10-25(19-23)31-28(12-6-13-29(31)35)34(42,16-8-17-38-33(41)43-3)26-11-7-18-39(22-26)32(40)27-15-14-24(21-37-2)20-30(27)36/h5-6,9-10,12-15,19-20,26,37,42H,4,7-8,11,16-18,21-22H2,1-3H3,(H,38,41)/t26-,34+/m1/s1. The second-order valence-electron chi connectivity index (χ2n) is 11.1. The number of carbonyl (C=O) groups is 2. The zero-order chi connectivity index (χ0) is 31.0. The maximum absolute atomic E-state index is 15.7. The van der Waals surface area contributed by atoms with Crippen LogP contribution in [-0.4, -0.2) is 55.8 Å². The Morgan fingerprint density at radius 3 is 2.58 bits per heavy atom. The van der Waals surface area contributed by atoms with Gasteiger partial charge in [-0.2, -0.15) is 0 Å². The van der Waals surface area contributed by atoms with E-state index in [9.17, 15) is 14.7 Å². The monoisotopic (exact) mass is 593 g/mol. The summed E-state index contributed by atoms with van der Waals surface area (Å²) < 4.78 is 35.4. The zero-order valence-corrected chi connectivity index (χ0v) is 25.1. The number of alkyl carbamates (subject to hydrolysis) is 1. The van der Waals surface area contributed by atoms with Gasteiger partial charge in [-0.25, -0.2) is 13.6 Å². The summed E-state index contributed by atoms with van der Waals surface area (Å²) in [6.07, 6.45) is 1.94. The van der Waals surface area contributed by atoms with Gasteiger partial charge in [0.15, 0.2) is 0 Å². The number of methoxy groups -OCH3 is 1. The Labute approximate surface area is 252 Å². The van der Waals surface area contributed by atoms with Gasteiger partial charge in [-0.3, -0.25) is 4.79 Å². The molecule has 3 aromatic carbocycles. The maximum atomic E-state index is 15.7.